The molecule has 0 spiro atoms. The van der Waals surface area contributed by atoms with Crippen molar-refractivity contribution in [3.05, 3.63) is 23.0 Å². The number of oxime groups is 1. The van der Waals surface area contributed by atoms with Gasteiger partial charge in [0.15, 0.2) is 11.7 Å². The lowest BCUT2D eigenvalue weighted by Crippen LogP contribution is -2.73. The number of nitrogens with one attached hydrogen (secondary N) is 4. The topological polar surface area (TPSA) is 293 Å². The van der Waals surface area contributed by atoms with Crippen LogP contribution in [0.4, 0.5) is 0 Å². The second-order valence-corrected chi connectivity index (χ2v) is 10.7. The minimum atomic E-state index is -5.01. The number of guanidine groups is 1. The predicted molar refractivity (Wildman–Crippen MR) is 130 cm³/mol. The molecule has 1 aromatic rings. The number of thioether (sulfide) groups is 1. The molecule has 3 rings (SSSR count). The minimum Gasteiger partial charge on any atom is -0.478 e. The van der Waals surface area contributed by atoms with E-state index in [2.05, 4.69) is 31.3 Å². The average molecular weight is 576 g/mol. The zero-order chi connectivity index (χ0) is 28.4. The van der Waals surface area contributed by atoms with Crippen molar-refractivity contribution in [1.29, 1.82) is 5.41 Å². The first kappa shape index (κ1) is 28.6. The number of hydrogen-bond donors (Lipinski definition) is 8. The summed E-state index contributed by atoms with van der Waals surface area (Å²) in [4.78, 5) is 43.1. The molecule has 10 N–H and O–H groups in total. The predicted octanol–water partition coefficient (Wildman–Crippen LogP) is -3.58. The van der Waals surface area contributed by atoms with E-state index < -0.39 is 57.0 Å². The maximum atomic E-state index is 13.1. The van der Waals surface area contributed by atoms with Crippen molar-refractivity contribution < 1.29 is 37.3 Å². The van der Waals surface area contributed by atoms with Crippen molar-refractivity contribution >= 4 is 51.5 Å². The fourth-order valence-electron chi connectivity index (χ4n) is 3.10. The van der Waals surface area contributed by atoms with Gasteiger partial charge >= 0.3 is 16.3 Å². The molecule has 0 saturated carbocycles. The van der Waals surface area contributed by atoms with E-state index in [1.54, 1.807) is 0 Å². The number of carboxylic acids is 1. The molecule has 208 valence electrons. The van der Waals surface area contributed by atoms with Crippen LogP contribution in [-0.2, 0) is 42.6 Å². The Morgan fingerprint density at radius 2 is 2.11 bits per heavy atom. The van der Waals surface area contributed by atoms with E-state index in [-0.39, 0.29) is 29.1 Å². The van der Waals surface area contributed by atoms with Gasteiger partial charge in [-0.05, 0) is 13.8 Å². The molecule has 2 aliphatic rings. The second kappa shape index (κ2) is 10.8. The van der Waals surface area contributed by atoms with Gasteiger partial charge in [-0.2, -0.15) is 23.4 Å². The number of carbonyl (C=O) groups excluding carboxylic acids is 2. The molecule has 2 amide bonds. The number of aromatic nitrogens is 3. The molecule has 0 aliphatic carbocycles. The fraction of sp³-hybridized carbons (Fsp3) is 0.471. The molecule has 0 bridgehead atoms. The summed E-state index contributed by atoms with van der Waals surface area (Å²) in [6, 6.07) is -2.82. The Kier molecular flexibility index (Phi) is 8.14. The Hall–Kier alpha value is -3.95. The first-order chi connectivity index (χ1) is 17.6. The summed E-state index contributed by atoms with van der Waals surface area (Å²) >= 11 is 1.08. The van der Waals surface area contributed by atoms with Crippen LogP contribution in [0.2, 0.25) is 0 Å². The minimum absolute atomic E-state index is 0.0376. The SMILES string of the molecule is CC(C)(O/N=C(\C(=O)N[C@@H]1C(=O)N(S(=O)(=O)O)[C@@H]1Cn1ncc(CNC(=N)N)n1)C1=CSC(N)N1)C(=O)O. The number of hydrogen-bond acceptors (Lipinski definition) is 13. The van der Waals surface area contributed by atoms with Gasteiger partial charge in [0.1, 0.15) is 23.3 Å². The van der Waals surface area contributed by atoms with E-state index in [4.69, 9.17) is 21.7 Å². The third kappa shape index (κ3) is 6.48. The molecule has 3 heterocycles. The summed E-state index contributed by atoms with van der Waals surface area (Å²) < 4.78 is 33.3. The van der Waals surface area contributed by atoms with Crippen LogP contribution < -0.4 is 27.4 Å². The molecule has 1 aromatic heterocycles. The van der Waals surface area contributed by atoms with Gasteiger partial charge < -0.3 is 37.4 Å². The molecular weight excluding hydrogens is 550 g/mol. The first-order valence-corrected chi connectivity index (χ1v) is 12.9. The number of aliphatic carboxylic acids is 1. The van der Waals surface area contributed by atoms with Crippen LogP contribution in [-0.4, -0.2) is 90.0 Å². The maximum Gasteiger partial charge on any atom is 0.362 e. The highest BCUT2D eigenvalue weighted by molar-refractivity contribution is 8.02. The van der Waals surface area contributed by atoms with Gasteiger partial charge in [-0.25, -0.2) is 9.10 Å². The summed E-state index contributed by atoms with van der Waals surface area (Å²) in [7, 11) is -5.01. The van der Waals surface area contributed by atoms with Crippen LogP contribution in [0.5, 0.6) is 0 Å². The van der Waals surface area contributed by atoms with Gasteiger partial charge in [0.2, 0.25) is 5.60 Å². The quantitative estimate of drug-likeness (QED) is 0.0416. The molecule has 19 nitrogen and oxygen atoms in total. The average Bonchev–Trinajstić information content (AvgIpc) is 3.43. The monoisotopic (exact) mass is 575 g/mol. The first-order valence-electron chi connectivity index (χ1n) is 10.6. The molecule has 1 unspecified atom stereocenters. The Labute approximate surface area is 219 Å². The van der Waals surface area contributed by atoms with Crippen LogP contribution in [0.15, 0.2) is 22.5 Å². The van der Waals surface area contributed by atoms with Gasteiger partial charge in [-0.15, -0.1) is 0 Å². The summed E-state index contributed by atoms with van der Waals surface area (Å²) in [6.07, 6.45) is 1.30. The van der Waals surface area contributed by atoms with Gasteiger partial charge in [0, 0.05) is 5.41 Å². The summed E-state index contributed by atoms with van der Waals surface area (Å²) in [6.45, 7) is 2.05. The summed E-state index contributed by atoms with van der Waals surface area (Å²) in [5.41, 5.74) is 8.41. The molecule has 0 aromatic carbocycles. The lowest BCUT2D eigenvalue weighted by Gasteiger charge is -2.43. The van der Waals surface area contributed by atoms with E-state index in [9.17, 15) is 32.5 Å². The van der Waals surface area contributed by atoms with E-state index in [1.165, 1.54) is 25.5 Å². The summed E-state index contributed by atoms with van der Waals surface area (Å²) in [5, 5.41) is 37.1. The molecule has 1 fully saturated rings. The number of carboxylic acid groups (broad SMARTS) is 1. The number of rotatable bonds is 11. The Morgan fingerprint density at radius 1 is 1.42 bits per heavy atom. The number of nitrogens with two attached hydrogens (primary N) is 2. The van der Waals surface area contributed by atoms with Crippen LogP contribution in [0.25, 0.3) is 0 Å². The van der Waals surface area contributed by atoms with E-state index in [0.717, 1.165) is 16.6 Å². The number of nitrogens with zero attached hydrogens (tertiary/aromatic N) is 5. The molecule has 21 heteroatoms. The van der Waals surface area contributed by atoms with Crippen molar-refractivity contribution in [2.75, 3.05) is 0 Å². The molecular formula is C17H25N11O8S2. The molecule has 3 atom stereocenters. The van der Waals surface area contributed by atoms with E-state index >= 15 is 0 Å². The van der Waals surface area contributed by atoms with Crippen molar-refractivity contribution in [2.45, 2.75) is 50.1 Å². The zero-order valence-corrected chi connectivity index (χ0v) is 21.5. The van der Waals surface area contributed by atoms with Crippen LogP contribution in [0.3, 0.4) is 0 Å². The highest BCUT2D eigenvalue weighted by Crippen LogP contribution is 2.26. The number of β-lactam (4-membered cyclic amide) rings is 1. The second-order valence-electron chi connectivity index (χ2n) is 8.37. The van der Waals surface area contributed by atoms with Crippen molar-refractivity contribution in [3.63, 3.8) is 0 Å². The van der Waals surface area contributed by atoms with Crippen molar-refractivity contribution in [3.8, 4) is 0 Å². The fourth-order valence-corrected chi connectivity index (χ4v) is 4.63. The molecule has 38 heavy (non-hydrogen) atoms. The highest BCUT2D eigenvalue weighted by atomic mass is 32.2. The van der Waals surface area contributed by atoms with Crippen LogP contribution >= 0.6 is 11.8 Å². The Balaban J connectivity index is 1.83. The number of amides is 2. The van der Waals surface area contributed by atoms with Crippen molar-refractivity contribution in [2.24, 2.45) is 16.6 Å². The van der Waals surface area contributed by atoms with E-state index in [1.807, 2.05) is 0 Å². The standard InChI is InChI=1S/C17H25N11O8S2/c1-17(2,14(31)32)36-26-10(8-6-37-16(20)23-8)12(29)24-11-9(28(13(11)30)38(33,34)35)5-27-22-4-7(25-27)3-21-15(18)19/h4,6,9,11,16,23H,3,5,20H2,1-2H3,(H,24,29)(H,31,32)(H4,18,19,21)(H,33,34,35)/b26-10-/t9-,11+,16?/m1/s1. The molecule has 1 saturated heterocycles. The highest BCUT2D eigenvalue weighted by Gasteiger charge is 2.54. The smallest absolute Gasteiger partial charge is 0.362 e. The van der Waals surface area contributed by atoms with Gasteiger partial charge in [0.25, 0.3) is 11.8 Å². The largest absolute Gasteiger partial charge is 0.478 e. The maximum absolute atomic E-state index is 13.1. The van der Waals surface area contributed by atoms with Gasteiger partial charge in [0.05, 0.1) is 25.0 Å². The van der Waals surface area contributed by atoms with Gasteiger partial charge in [-0.3, -0.25) is 19.6 Å². The summed E-state index contributed by atoms with van der Waals surface area (Å²) in [5.74, 6) is -3.87. The van der Waals surface area contributed by atoms with Crippen LogP contribution in [0.1, 0.15) is 19.5 Å². The normalized spacial score (nSPS) is 21.7. The van der Waals surface area contributed by atoms with Crippen molar-refractivity contribution in [1.82, 2.24) is 35.2 Å². The zero-order valence-electron chi connectivity index (χ0n) is 19.9. The van der Waals surface area contributed by atoms with Crippen LogP contribution in [0, 0.1) is 5.41 Å². The lowest BCUT2D eigenvalue weighted by atomic mass is 9.98. The third-order valence-corrected chi connectivity index (χ3v) is 6.81. The van der Waals surface area contributed by atoms with E-state index in [0.29, 0.717) is 5.69 Å². The Bertz CT molecular complexity index is 1310. The van der Waals surface area contributed by atoms with Gasteiger partial charge in [-0.1, -0.05) is 16.9 Å². The number of carbonyl (C=O) groups is 3. The lowest BCUT2D eigenvalue weighted by molar-refractivity contribution is -0.161. The molecule has 0 radical (unpaired) electrons. The third-order valence-electron chi connectivity index (χ3n) is 5.08. The molecule has 2 aliphatic heterocycles. The Morgan fingerprint density at radius 3 is 2.66 bits per heavy atom.